The summed E-state index contributed by atoms with van der Waals surface area (Å²) in [6.45, 7) is 4.82. The molecule has 1 aliphatic carbocycles. The van der Waals surface area contributed by atoms with Gasteiger partial charge in [0.1, 0.15) is 5.54 Å². The van der Waals surface area contributed by atoms with Gasteiger partial charge in [-0.15, -0.1) is 0 Å². The average molecular weight is 283 g/mol. The number of carbonyl (C=O) groups excluding carboxylic acids is 1. The second kappa shape index (κ2) is 6.43. The van der Waals surface area contributed by atoms with Crippen LogP contribution in [-0.2, 0) is 4.79 Å². The fraction of sp³-hybridized carbons (Fsp3) is 0.857. The molecule has 6 heteroatoms. The van der Waals surface area contributed by atoms with Crippen LogP contribution in [0.5, 0.6) is 0 Å². The van der Waals surface area contributed by atoms with E-state index in [0.717, 1.165) is 25.9 Å². The molecule has 0 aromatic carbocycles. The first-order chi connectivity index (χ1) is 9.53. The van der Waals surface area contributed by atoms with Gasteiger partial charge in [0.2, 0.25) is 0 Å². The van der Waals surface area contributed by atoms with Crippen molar-refractivity contribution in [3.8, 4) is 0 Å². The van der Waals surface area contributed by atoms with Gasteiger partial charge in [0, 0.05) is 12.6 Å². The maximum Gasteiger partial charge on any atom is 0.329 e. The van der Waals surface area contributed by atoms with E-state index < -0.39 is 11.5 Å². The summed E-state index contributed by atoms with van der Waals surface area (Å²) in [5, 5.41) is 14.8. The zero-order valence-corrected chi connectivity index (χ0v) is 12.2. The second-order valence-electron chi connectivity index (χ2n) is 6.02. The molecule has 0 aromatic rings. The zero-order chi connectivity index (χ0) is 14.6. The molecule has 2 rings (SSSR count). The van der Waals surface area contributed by atoms with Crippen molar-refractivity contribution >= 4 is 12.0 Å². The highest BCUT2D eigenvalue weighted by molar-refractivity contribution is 5.86. The van der Waals surface area contributed by atoms with E-state index in [2.05, 4.69) is 22.5 Å². The molecule has 1 heterocycles. The van der Waals surface area contributed by atoms with Crippen molar-refractivity contribution in [1.82, 2.24) is 15.5 Å². The minimum atomic E-state index is -1.05. The van der Waals surface area contributed by atoms with Crippen LogP contribution in [0.3, 0.4) is 0 Å². The SMILES string of the molecule is CC(CNC(=O)NC1(C(=O)O)CCCC1)N1CCCC1. The molecule has 20 heavy (non-hydrogen) atoms. The Balaban J connectivity index is 1.78. The molecule has 3 N–H and O–H groups in total. The first-order valence-electron chi connectivity index (χ1n) is 7.57. The minimum Gasteiger partial charge on any atom is -0.480 e. The number of likely N-dealkylation sites (tertiary alicyclic amines) is 1. The third-order valence-corrected chi connectivity index (χ3v) is 4.54. The predicted molar refractivity (Wildman–Crippen MR) is 75.6 cm³/mol. The number of nitrogens with zero attached hydrogens (tertiary/aromatic N) is 1. The number of amides is 2. The molecule has 1 saturated heterocycles. The summed E-state index contributed by atoms with van der Waals surface area (Å²) in [5.74, 6) is -0.919. The standard InChI is InChI=1S/C14H25N3O3/c1-11(17-8-4-5-9-17)10-15-13(20)16-14(12(18)19)6-2-3-7-14/h11H,2-10H2,1H3,(H,18,19)(H2,15,16,20). The van der Waals surface area contributed by atoms with E-state index in [1.807, 2.05) is 0 Å². The van der Waals surface area contributed by atoms with E-state index >= 15 is 0 Å². The summed E-state index contributed by atoms with van der Waals surface area (Å²) in [6, 6.07) is -0.0621. The van der Waals surface area contributed by atoms with Crippen LogP contribution in [0.4, 0.5) is 4.79 Å². The zero-order valence-electron chi connectivity index (χ0n) is 12.2. The van der Waals surface area contributed by atoms with Gasteiger partial charge in [-0.3, -0.25) is 4.90 Å². The topological polar surface area (TPSA) is 81.7 Å². The van der Waals surface area contributed by atoms with Crippen LogP contribution < -0.4 is 10.6 Å². The molecular weight excluding hydrogens is 258 g/mol. The van der Waals surface area contributed by atoms with Crippen molar-refractivity contribution < 1.29 is 14.7 Å². The molecule has 2 fully saturated rings. The number of nitrogens with one attached hydrogen (secondary N) is 2. The smallest absolute Gasteiger partial charge is 0.329 e. The fourth-order valence-electron chi connectivity index (χ4n) is 3.18. The van der Waals surface area contributed by atoms with Gasteiger partial charge in [-0.2, -0.15) is 0 Å². The number of hydrogen-bond acceptors (Lipinski definition) is 3. The van der Waals surface area contributed by atoms with Gasteiger partial charge in [0.05, 0.1) is 0 Å². The Kier molecular flexibility index (Phi) is 4.86. The van der Waals surface area contributed by atoms with E-state index in [-0.39, 0.29) is 6.03 Å². The molecule has 1 saturated carbocycles. The van der Waals surface area contributed by atoms with Gasteiger partial charge in [0.15, 0.2) is 0 Å². The van der Waals surface area contributed by atoms with Crippen molar-refractivity contribution in [2.45, 2.75) is 57.0 Å². The van der Waals surface area contributed by atoms with E-state index in [0.29, 0.717) is 25.4 Å². The van der Waals surface area contributed by atoms with Gasteiger partial charge in [-0.1, -0.05) is 12.8 Å². The van der Waals surface area contributed by atoms with Crippen LogP contribution in [0.25, 0.3) is 0 Å². The molecule has 2 amide bonds. The van der Waals surface area contributed by atoms with Crippen molar-refractivity contribution in [3.63, 3.8) is 0 Å². The summed E-state index contributed by atoms with van der Waals surface area (Å²) >= 11 is 0. The van der Waals surface area contributed by atoms with E-state index in [1.165, 1.54) is 12.8 Å². The lowest BCUT2D eigenvalue weighted by atomic mass is 9.98. The highest BCUT2D eigenvalue weighted by atomic mass is 16.4. The molecule has 0 bridgehead atoms. The normalized spacial score (nSPS) is 23.4. The number of rotatable bonds is 5. The largest absolute Gasteiger partial charge is 0.480 e. The van der Waals surface area contributed by atoms with Gasteiger partial charge >= 0.3 is 12.0 Å². The lowest BCUT2D eigenvalue weighted by molar-refractivity contribution is -0.144. The van der Waals surface area contributed by atoms with E-state index in [1.54, 1.807) is 0 Å². The molecule has 1 unspecified atom stereocenters. The van der Waals surface area contributed by atoms with Crippen molar-refractivity contribution in [2.75, 3.05) is 19.6 Å². The number of carboxylic acids is 1. The number of aliphatic carboxylic acids is 1. The fourth-order valence-corrected chi connectivity index (χ4v) is 3.18. The van der Waals surface area contributed by atoms with Crippen LogP contribution in [0.1, 0.15) is 45.4 Å². The molecule has 1 aliphatic heterocycles. The predicted octanol–water partition coefficient (Wildman–Crippen LogP) is 1.17. The van der Waals surface area contributed by atoms with Crippen molar-refractivity contribution in [2.24, 2.45) is 0 Å². The first kappa shape index (κ1) is 15.1. The Hall–Kier alpha value is -1.30. The lowest BCUT2D eigenvalue weighted by Crippen LogP contribution is -2.56. The number of urea groups is 1. The third-order valence-electron chi connectivity index (χ3n) is 4.54. The summed E-state index contributed by atoms with van der Waals surface area (Å²) in [5.41, 5.74) is -1.05. The molecule has 6 nitrogen and oxygen atoms in total. The summed E-state index contributed by atoms with van der Waals surface area (Å²) < 4.78 is 0. The van der Waals surface area contributed by atoms with Gasteiger partial charge in [0.25, 0.3) is 0 Å². The first-order valence-corrected chi connectivity index (χ1v) is 7.57. The van der Waals surface area contributed by atoms with Crippen LogP contribution in [-0.4, -0.2) is 53.2 Å². The molecular formula is C14H25N3O3. The lowest BCUT2D eigenvalue weighted by Gasteiger charge is -2.27. The Morgan fingerprint density at radius 3 is 2.35 bits per heavy atom. The number of carbonyl (C=O) groups is 2. The van der Waals surface area contributed by atoms with Crippen molar-refractivity contribution in [1.29, 1.82) is 0 Å². The highest BCUT2D eigenvalue weighted by Gasteiger charge is 2.42. The second-order valence-corrected chi connectivity index (χ2v) is 6.02. The molecule has 2 aliphatic rings. The van der Waals surface area contributed by atoms with Gasteiger partial charge in [-0.25, -0.2) is 9.59 Å². The molecule has 0 aromatic heterocycles. The van der Waals surface area contributed by atoms with E-state index in [9.17, 15) is 14.7 Å². The maximum atomic E-state index is 11.9. The summed E-state index contributed by atoms with van der Waals surface area (Å²) in [7, 11) is 0. The van der Waals surface area contributed by atoms with Crippen LogP contribution in [0.2, 0.25) is 0 Å². The molecule has 114 valence electrons. The third kappa shape index (κ3) is 3.42. The Morgan fingerprint density at radius 1 is 1.20 bits per heavy atom. The average Bonchev–Trinajstić information content (AvgIpc) is 3.07. The van der Waals surface area contributed by atoms with Gasteiger partial charge in [-0.05, 0) is 45.7 Å². The van der Waals surface area contributed by atoms with Crippen LogP contribution in [0.15, 0.2) is 0 Å². The maximum absolute atomic E-state index is 11.9. The monoisotopic (exact) mass is 283 g/mol. The van der Waals surface area contributed by atoms with E-state index in [4.69, 9.17) is 0 Å². The van der Waals surface area contributed by atoms with Crippen LogP contribution in [0, 0.1) is 0 Å². The Morgan fingerprint density at radius 2 is 1.80 bits per heavy atom. The highest BCUT2D eigenvalue weighted by Crippen LogP contribution is 2.29. The number of carboxylic acid groups (broad SMARTS) is 1. The minimum absolute atomic E-state index is 0.299. The Bertz CT molecular complexity index is 361. The quantitative estimate of drug-likeness (QED) is 0.707. The van der Waals surface area contributed by atoms with Gasteiger partial charge < -0.3 is 15.7 Å². The Labute approximate surface area is 119 Å². The van der Waals surface area contributed by atoms with Crippen molar-refractivity contribution in [3.05, 3.63) is 0 Å². The summed E-state index contributed by atoms with van der Waals surface area (Å²) in [6.07, 6.45) is 5.21. The van der Waals surface area contributed by atoms with Crippen LogP contribution >= 0.6 is 0 Å². The molecule has 0 spiro atoms. The summed E-state index contributed by atoms with van der Waals surface area (Å²) in [4.78, 5) is 25.6. The molecule has 0 radical (unpaired) electrons. The molecule has 1 atom stereocenters. The number of hydrogen-bond donors (Lipinski definition) is 3.